The molecule has 0 atom stereocenters. The van der Waals surface area contributed by atoms with Crippen molar-refractivity contribution in [2.45, 2.75) is 6.92 Å². The first kappa shape index (κ1) is 13.5. The zero-order chi connectivity index (χ0) is 14.7. The van der Waals surface area contributed by atoms with Crippen molar-refractivity contribution >= 4 is 22.9 Å². The maximum absolute atomic E-state index is 11.1. The lowest BCUT2D eigenvalue weighted by Crippen LogP contribution is -2.05. The average molecular weight is 294 g/mol. The highest BCUT2D eigenvalue weighted by Crippen LogP contribution is 2.29. The Bertz CT molecular complexity index is 765. The lowest BCUT2D eigenvalue weighted by molar-refractivity contribution is -0.114. The zero-order valence-corrected chi connectivity index (χ0v) is 12.4. The molecule has 0 aliphatic heterocycles. The molecule has 1 aromatic heterocycles. The van der Waals surface area contributed by atoms with Gasteiger partial charge in [-0.2, -0.15) is 0 Å². The van der Waals surface area contributed by atoms with Gasteiger partial charge in [-0.25, -0.2) is 4.98 Å². The van der Waals surface area contributed by atoms with Gasteiger partial charge in [-0.3, -0.25) is 4.79 Å². The van der Waals surface area contributed by atoms with Gasteiger partial charge in [-0.15, -0.1) is 11.3 Å². The summed E-state index contributed by atoms with van der Waals surface area (Å²) < 4.78 is 0. The van der Waals surface area contributed by atoms with Crippen LogP contribution in [0.3, 0.4) is 0 Å². The number of nitrogens with zero attached hydrogens (tertiary/aromatic N) is 1. The van der Waals surface area contributed by atoms with Gasteiger partial charge in [-0.05, 0) is 12.1 Å². The second kappa shape index (κ2) is 5.89. The fraction of sp³-hybridized carbons (Fsp3) is 0.0588. The van der Waals surface area contributed by atoms with Gasteiger partial charge in [0.05, 0.1) is 5.69 Å². The van der Waals surface area contributed by atoms with Gasteiger partial charge < -0.3 is 5.32 Å². The van der Waals surface area contributed by atoms with E-state index in [0.717, 1.165) is 27.5 Å². The molecule has 1 amide bonds. The minimum atomic E-state index is -0.0737. The third-order valence-corrected chi connectivity index (χ3v) is 3.89. The fourth-order valence-corrected chi connectivity index (χ4v) is 2.91. The molecule has 104 valence electrons. The minimum Gasteiger partial charge on any atom is -0.326 e. The van der Waals surface area contributed by atoms with Crippen LogP contribution < -0.4 is 5.32 Å². The molecule has 0 unspecified atom stereocenters. The minimum absolute atomic E-state index is 0.0737. The Hall–Kier alpha value is -2.46. The number of nitrogens with one attached hydrogen (secondary N) is 1. The summed E-state index contributed by atoms with van der Waals surface area (Å²) in [6.07, 6.45) is 0. The van der Waals surface area contributed by atoms with Crippen molar-refractivity contribution in [3.63, 3.8) is 0 Å². The lowest BCUT2D eigenvalue weighted by atomic mass is 10.1. The van der Waals surface area contributed by atoms with E-state index < -0.39 is 0 Å². The van der Waals surface area contributed by atoms with Gasteiger partial charge in [0, 0.05) is 29.1 Å². The number of amides is 1. The van der Waals surface area contributed by atoms with Crippen LogP contribution in [-0.2, 0) is 4.79 Å². The first-order chi connectivity index (χ1) is 10.2. The summed E-state index contributed by atoms with van der Waals surface area (Å²) in [6, 6.07) is 17.8. The number of hydrogen-bond acceptors (Lipinski definition) is 3. The molecule has 0 radical (unpaired) electrons. The highest BCUT2D eigenvalue weighted by Gasteiger charge is 2.07. The maximum Gasteiger partial charge on any atom is 0.221 e. The van der Waals surface area contributed by atoms with Crippen LogP contribution in [-0.4, -0.2) is 10.9 Å². The van der Waals surface area contributed by atoms with Crippen LogP contribution in [0.25, 0.3) is 21.8 Å². The summed E-state index contributed by atoms with van der Waals surface area (Å²) in [5.74, 6) is -0.0737. The molecule has 0 saturated carbocycles. The SMILES string of the molecule is CC(=O)Nc1cccc(-c2csc(-c3ccccc3)n2)c1. The number of carbonyl (C=O) groups excluding carboxylic acids is 1. The van der Waals surface area contributed by atoms with Crippen LogP contribution in [0, 0.1) is 0 Å². The van der Waals surface area contributed by atoms with Crippen LogP contribution >= 0.6 is 11.3 Å². The Morgan fingerprint density at radius 2 is 1.81 bits per heavy atom. The first-order valence-corrected chi connectivity index (χ1v) is 7.49. The lowest BCUT2D eigenvalue weighted by Gasteiger charge is -2.03. The molecule has 3 rings (SSSR count). The first-order valence-electron chi connectivity index (χ1n) is 6.61. The molecule has 3 aromatic rings. The van der Waals surface area contributed by atoms with Crippen molar-refractivity contribution in [3.05, 3.63) is 60.0 Å². The van der Waals surface area contributed by atoms with Crippen LogP contribution in [0.15, 0.2) is 60.0 Å². The topological polar surface area (TPSA) is 42.0 Å². The van der Waals surface area contributed by atoms with E-state index >= 15 is 0 Å². The summed E-state index contributed by atoms with van der Waals surface area (Å²) in [4.78, 5) is 15.8. The molecule has 0 fully saturated rings. The Morgan fingerprint density at radius 3 is 2.57 bits per heavy atom. The predicted molar refractivity (Wildman–Crippen MR) is 87.3 cm³/mol. The van der Waals surface area contributed by atoms with Gasteiger partial charge in [-0.1, -0.05) is 42.5 Å². The van der Waals surface area contributed by atoms with E-state index in [0.29, 0.717) is 0 Å². The molecule has 0 spiro atoms. The van der Waals surface area contributed by atoms with Crippen molar-refractivity contribution in [2.24, 2.45) is 0 Å². The molecule has 1 heterocycles. The fourth-order valence-electron chi connectivity index (χ4n) is 2.08. The Labute approximate surface area is 127 Å². The van der Waals surface area contributed by atoms with Gasteiger partial charge >= 0.3 is 0 Å². The van der Waals surface area contributed by atoms with Crippen LogP contribution in [0.1, 0.15) is 6.92 Å². The number of hydrogen-bond donors (Lipinski definition) is 1. The molecule has 21 heavy (non-hydrogen) atoms. The average Bonchev–Trinajstić information content (AvgIpc) is 2.98. The molecule has 3 nitrogen and oxygen atoms in total. The highest BCUT2D eigenvalue weighted by molar-refractivity contribution is 7.13. The van der Waals surface area contributed by atoms with Crippen molar-refractivity contribution in [3.8, 4) is 21.8 Å². The third kappa shape index (κ3) is 3.17. The smallest absolute Gasteiger partial charge is 0.221 e. The van der Waals surface area contributed by atoms with Gasteiger partial charge in [0.25, 0.3) is 0 Å². The van der Waals surface area contributed by atoms with E-state index in [-0.39, 0.29) is 5.91 Å². The van der Waals surface area contributed by atoms with Crippen molar-refractivity contribution in [2.75, 3.05) is 5.32 Å². The van der Waals surface area contributed by atoms with Crippen LogP contribution in [0.2, 0.25) is 0 Å². The summed E-state index contributed by atoms with van der Waals surface area (Å²) >= 11 is 1.62. The Morgan fingerprint density at radius 1 is 1.05 bits per heavy atom. The number of carbonyl (C=O) groups is 1. The Balaban J connectivity index is 1.91. The second-order valence-electron chi connectivity index (χ2n) is 4.67. The predicted octanol–water partition coefficient (Wildman–Crippen LogP) is 4.44. The molecule has 0 aliphatic carbocycles. The molecule has 2 aromatic carbocycles. The van der Waals surface area contributed by atoms with Crippen molar-refractivity contribution < 1.29 is 4.79 Å². The van der Waals surface area contributed by atoms with Gasteiger partial charge in [0.2, 0.25) is 5.91 Å². The van der Waals surface area contributed by atoms with E-state index in [4.69, 9.17) is 0 Å². The molecular formula is C17H14N2OS. The molecule has 0 saturated heterocycles. The molecule has 1 N–H and O–H groups in total. The molecular weight excluding hydrogens is 280 g/mol. The number of anilines is 1. The van der Waals surface area contributed by atoms with Crippen molar-refractivity contribution in [1.82, 2.24) is 4.98 Å². The molecule has 4 heteroatoms. The number of aromatic nitrogens is 1. The monoisotopic (exact) mass is 294 g/mol. The molecule has 0 bridgehead atoms. The third-order valence-electron chi connectivity index (χ3n) is 3.00. The summed E-state index contributed by atoms with van der Waals surface area (Å²) in [6.45, 7) is 1.50. The largest absolute Gasteiger partial charge is 0.326 e. The summed E-state index contributed by atoms with van der Waals surface area (Å²) in [5, 5.41) is 5.82. The summed E-state index contributed by atoms with van der Waals surface area (Å²) in [7, 11) is 0. The number of rotatable bonds is 3. The number of thiazole rings is 1. The van der Waals surface area contributed by atoms with Crippen molar-refractivity contribution in [1.29, 1.82) is 0 Å². The van der Waals surface area contributed by atoms with Gasteiger partial charge in [0.15, 0.2) is 0 Å². The zero-order valence-electron chi connectivity index (χ0n) is 11.5. The van der Waals surface area contributed by atoms with Crippen LogP contribution in [0.4, 0.5) is 5.69 Å². The maximum atomic E-state index is 11.1. The van der Waals surface area contributed by atoms with E-state index in [9.17, 15) is 4.79 Å². The normalized spacial score (nSPS) is 10.3. The standard InChI is InChI=1S/C17H14N2OS/c1-12(20)18-15-9-5-8-14(10-15)16-11-21-17(19-16)13-6-3-2-4-7-13/h2-11H,1H3,(H,18,20). The quantitative estimate of drug-likeness (QED) is 0.776. The van der Waals surface area contributed by atoms with E-state index in [1.807, 2.05) is 47.8 Å². The Kier molecular flexibility index (Phi) is 3.79. The van der Waals surface area contributed by atoms with E-state index in [1.54, 1.807) is 11.3 Å². The highest BCUT2D eigenvalue weighted by atomic mass is 32.1. The number of benzene rings is 2. The second-order valence-corrected chi connectivity index (χ2v) is 5.52. The van der Waals surface area contributed by atoms with Gasteiger partial charge in [0.1, 0.15) is 5.01 Å². The van der Waals surface area contributed by atoms with E-state index in [2.05, 4.69) is 22.4 Å². The summed E-state index contributed by atoms with van der Waals surface area (Å²) in [5.41, 5.74) is 3.83. The molecule has 0 aliphatic rings. The van der Waals surface area contributed by atoms with Crippen LogP contribution in [0.5, 0.6) is 0 Å². The van der Waals surface area contributed by atoms with E-state index in [1.165, 1.54) is 6.92 Å².